The third-order valence-corrected chi connectivity index (χ3v) is 3.68. The van der Waals surface area contributed by atoms with Crippen molar-refractivity contribution in [1.82, 2.24) is 0 Å². The summed E-state index contributed by atoms with van der Waals surface area (Å²) in [6, 6.07) is 0. The SMILES string of the molecule is O=C([O-])[C@H]1COP(=O)([O-])OP(=O)([O-])O1. The van der Waals surface area contributed by atoms with E-state index in [2.05, 4.69) is 13.4 Å². The van der Waals surface area contributed by atoms with Crippen molar-refractivity contribution in [3.63, 3.8) is 0 Å². The van der Waals surface area contributed by atoms with Gasteiger partial charge in [0.2, 0.25) is 0 Å². The Hall–Kier alpha value is -0.270. The summed E-state index contributed by atoms with van der Waals surface area (Å²) >= 11 is 0. The molecule has 11 heteroatoms. The Morgan fingerprint density at radius 2 is 1.86 bits per heavy atom. The Kier molecular flexibility index (Phi) is 3.13. The highest BCUT2D eigenvalue weighted by atomic mass is 31.3. The second-order valence-electron chi connectivity index (χ2n) is 2.18. The minimum absolute atomic E-state index is 1.02. The third kappa shape index (κ3) is 3.14. The zero-order chi connectivity index (χ0) is 11.0. The van der Waals surface area contributed by atoms with Crippen LogP contribution in [0.4, 0.5) is 0 Å². The van der Waals surface area contributed by atoms with Gasteiger partial charge >= 0.3 is 0 Å². The number of aliphatic carboxylic acids is 1. The highest BCUT2D eigenvalue weighted by Gasteiger charge is 2.30. The van der Waals surface area contributed by atoms with Gasteiger partial charge in [-0.15, -0.1) is 0 Å². The quantitative estimate of drug-likeness (QED) is 0.443. The minimum atomic E-state index is -5.23. The van der Waals surface area contributed by atoms with Gasteiger partial charge in [-0.1, -0.05) is 0 Å². The lowest BCUT2D eigenvalue weighted by Crippen LogP contribution is -2.39. The molecule has 0 saturated carbocycles. The molecule has 0 bridgehead atoms. The molecule has 1 fully saturated rings. The highest BCUT2D eigenvalue weighted by molar-refractivity contribution is 7.59. The molecule has 14 heavy (non-hydrogen) atoms. The average molecular weight is 245 g/mol. The molecule has 2 unspecified atom stereocenters. The molecule has 0 N–H and O–H groups in total. The molecule has 3 atom stereocenters. The van der Waals surface area contributed by atoms with Crippen LogP contribution in [0.15, 0.2) is 0 Å². The smallest absolute Gasteiger partial charge is 0.275 e. The molecule has 0 aromatic carbocycles. The van der Waals surface area contributed by atoms with Gasteiger partial charge in [-0.25, -0.2) is 4.31 Å². The van der Waals surface area contributed by atoms with E-state index < -0.39 is 34.3 Å². The summed E-state index contributed by atoms with van der Waals surface area (Å²) in [6.45, 7) is -1.02. The predicted molar refractivity (Wildman–Crippen MR) is 32.1 cm³/mol. The number of hydrogen-bond acceptors (Lipinski definition) is 9. The molecule has 1 aliphatic rings. The molecule has 0 aromatic rings. The molecule has 0 spiro atoms. The van der Waals surface area contributed by atoms with Crippen molar-refractivity contribution in [2.75, 3.05) is 6.61 Å². The van der Waals surface area contributed by atoms with Crippen LogP contribution in [0.25, 0.3) is 0 Å². The maximum atomic E-state index is 10.6. The molecular weight excluding hydrogens is 242 g/mol. The zero-order valence-electron chi connectivity index (χ0n) is 6.35. The van der Waals surface area contributed by atoms with Gasteiger partial charge in [-0.05, 0) is 0 Å². The molecule has 0 amide bonds. The maximum absolute atomic E-state index is 10.6. The van der Waals surface area contributed by atoms with E-state index >= 15 is 0 Å². The van der Waals surface area contributed by atoms with Crippen LogP contribution in [0.5, 0.6) is 0 Å². The van der Waals surface area contributed by atoms with Crippen LogP contribution in [0.2, 0.25) is 0 Å². The number of rotatable bonds is 1. The maximum Gasteiger partial charge on any atom is 0.275 e. The van der Waals surface area contributed by atoms with E-state index in [9.17, 15) is 28.8 Å². The second-order valence-corrected chi connectivity index (χ2v) is 5.10. The van der Waals surface area contributed by atoms with Crippen LogP contribution in [-0.2, 0) is 27.3 Å². The molecule has 0 aliphatic carbocycles. The first-order valence-electron chi connectivity index (χ1n) is 3.09. The fourth-order valence-corrected chi connectivity index (χ4v) is 2.72. The van der Waals surface area contributed by atoms with E-state index in [1.165, 1.54) is 0 Å². The van der Waals surface area contributed by atoms with Gasteiger partial charge in [-0.3, -0.25) is 9.13 Å². The van der Waals surface area contributed by atoms with Gasteiger partial charge in [0.05, 0.1) is 12.6 Å². The Morgan fingerprint density at radius 1 is 1.29 bits per heavy atom. The molecule has 1 aliphatic heterocycles. The van der Waals surface area contributed by atoms with Crippen molar-refractivity contribution in [3.8, 4) is 0 Å². The summed E-state index contributed by atoms with van der Waals surface area (Å²) in [4.78, 5) is 31.4. The Bertz CT molecular complexity index is 335. The summed E-state index contributed by atoms with van der Waals surface area (Å²) in [7, 11) is -10.3. The average Bonchev–Trinajstić information content (AvgIpc) is 2.04. The number of carboxylic acid groups (broad SMARTS) is 1. The van der Waals surface area contributed by atoms with Crippen LogP contribution in [0.3, 0.4) is 0 Å². The first kappa shape index (κ1) is 11.8. The monoisotopic (exact) mass is 245 g/mol. The van der Waals surface area contributed by atoms with Crippen LogP contribution in [0, 0.1) is 0 Å². The van der Waals surface area contributed by atoms with Crippen LogP contribution >= 0.6 is 15.6 Å². The number of phosphoric acid groups is 2. The van der Waals surface area contributed by atoms with Crippen molar-refractivity contribution in [2.45, 2.75) is 6.10 Å². The lowest BCUT2D eigenvalue weighted by molar-refractivity contribution is -0.317. The summed E-state index contributed by atoms with van der Waals surface area (Å²) in [5.41, 5.74) is 0. The van der Waals surface area contributed by atoms with E-state index in [4.69, 9.17) is 0 Å². The number of phosphoric ester groups is 2. The molecule has 9 nitrogen and oxygen atoms in total. The lowest BCUT2D eigenvalue weighted by Gasteiger charge is -2.26. The number of hydrogen-bond donors (Lipinski definition) is 0. The molecule has 1 saturated heterocycles. The minimum Gasteiger partial charge on any atom is -0.756 e. The fraction of sp³-hybridized carbons (Fsp3) is 0.667. The summed E-state index contributed by atoms with van der Waals surface area (Å²) < 4.78 is 32.3. The Morgan fingerprint density at radius 3 is 2.36 bits per heavy atom. The van der Waals surface area contributed by atoms with Crippen molar-refractivity contribution >= 4 is 21.6 Å². The fourth-order valence-electron chi connectivity index (χ4n) is 0.622. The Balaban J connectivity index is 2.90. The predicted octanol–water partition coefficient (Wildman–Crippen LogP) is -2.89. The molecular formula is C3H3O9P2-3. The van der Waals surface area contributed by atoms with E-state index in [1.807, 2.05) is 0 Å². The van der Waals surface area contributed by atoms with Crippen LogP contribution in [0.1, 0.15) is 0 Å². The zero-order valence-corrected chi connectivity index (χ0v) is 8.14. The van der Waals surface area contributed by atoms with Crippen molar-refractivity contribution < 1.29 is 42.2 Å². The molecule has 82 valence electrons. The van der Waals surface area contributed by atoms with Crippen molar-refractivity contribution in [3.05, 3.63) is 0 Å². The first-order chi connectivity index (χ1) is 6.22. The molecule has 0 radical (unpaired) electrons. The van der Waals surface area contributed by atoms with E-state index in [1.54, 1.807) is 0 Å². The van der Waals surface area contributed by atoms with Gasteiger partial charge in [0.15, 0.2) is 0 Å². The van der Waals surface area contributed by atoms with Crippen molar-refractivity contribution in [2.24, 2.45) is 0 Å². The van der Waals surface area contributed by atoms with Gasteiger partial charge in [0.25, 0.3) is 15.6 Å². The summed E-state index contributed by atoms with van der Waals surface area (Å²) in [5.74, 6) is -1.92. The second kappa shape index (κ2) is 3.71. The van der Waals surface area contributed by atoms with E-state index in [-0.39, 0.29) is 0 Å². The van der Waals surface area contributed by atoms with Gasteiger partial charge in [0, 0.05) is 0 Å². The normalized spacial score (nSPS) is 44.3. The van der Waals surface area contributed by atoms with E-state index in [0.717, 1.165) is 0 Å². The standard InChI is InChI=1S/C3H6O9P2/c4-3(5)2-1-10-13(6,7)12-14(8,9)11-2/h2H,1H2,(H,4,5)(H,6,7)(H,8,9)/p-3/t2-/m1/s1. The first-order valence-corrected chi connectivity index (χ1v) is 6.01. The largest absolute Gasteiger partial charge is 0.756 e. The van der Waals surface area contributed by atoms with Crippen LogP contribution in [-0.4, -0.2) is 18.7 Å². The Labute approximate surface area is 77.4 Å². The van der Waals surface area contributed by atoms with Crippen molar-refractivity contribution in [1.29, 1.82) is 0 Å². The summed E-state index contributed by atoms with van der Waals surface area (Å²) in [6.07, 6.45) is -2.04. The van der Waals surface area contributed by atoms with Gasteiger partial charge in [0.1, 0.15) is 6.10 Å². The number of carboxylic acids is 1. The van der Waals surface area contributed by atoms with Gasteiger partial charge < -0.3 is 28.7 Å². The molecule has 1 rings (SSSR count). The highest BCUT2D eigenvalue weighted by Crippen LogP contribution is 2.58. The van der Waals surface area contributed by atoms with Crippen LogP contribution < -0.4 is 14.9 Å². The number of carbonyl (C=O) groups excluding carboxylic acids is 1. The molecule has 0 aromatic heterocycles. The summed E-state index contributed by atoms with van der Waals surface area (Å²) in [5, 5.41) is 10.2. The lowest BCUT2D eigenvalue weighted by atomic mass is 10.4. The van der Waals surface area contributed by atoms with E-state index in [0.29, 0.717) is 0 Å². The third-order valence-electron chi connectivity index (χ3n) is 1.10. The number of carbonyl (C=O) groups is 1. The molecule has 1 heterocycles. The topological polar surface area (TPSA) is 148 Å². The van der Waals surface area contributed by atoms with Gasteiger partial charge in [-0.2, -0.15) is 0 Å².